The van der Waals surface area contributed by atoms with E-state index in [0.717, 1.165) is 49.8 Å². The van der Waals surface area contributed by atoms with Crippen molar-refractivity contribution in [3.05, 3.63) is 152 Å². The van der Waals surface area contributed by atoms with Gasteiger partial charge in [-0.3, -0.25) is 0 Å². The first-order valence-electron chi connectivity index (χ1n) is 15.9. The summed E-state index contributed by atoms with van der Waals surface area (Å²) in [6.07, 6.45) is 0. The van der Waals surface area contributed by atoms with Crippen LogP contribution in [0.5, 0.6) is 0 Å². The lowest BCUT2D eigenvalue weighted by Crippen LogP contribution is -2.01. The number of para-hydroxylation sites is 1. The normalized spacial score (nSPS) is 11.8. The summed E-state index contributed by atoms with van der Waals surface area (Å²) in [7, 11) is 0. The molecule has 48 heavy (non-hydrogen) atoms. The summed E-state index contributed by atoms with van der Waals surface area (Å²) in [6.45, 7) is 0. The topological polar surface area (TPSA) is 51.8 Å². The largest absolute Gasteiger partial charge is 0.456 e. The minimum Gasteiger partial charge on any atom is -0.456 e. The second-order valence-electron chi connectivity index (χ2n) is 12.0. The minimum absolute atomic E-state index is 0.600. The van der Waals surface area contributed by atoms with E-state index in [1.165, 1.54) is 30.9 Å². The van der Waals surface area contributed by atoms with E-state index in [-0.39, 0.29) is 0 Å². The summed E-state index contributed by atoms with van der Waals surface area (Å²) in [5.74, 6) is 1.85. The van der Waals surface area contributed by atoms with Crippen molar-refractivity contribution in [2.45, 2.75) is 0 Å². The fourth-order valence-corrected chi connectivity index (χ4v) is 8.01. The van der Waals surface area contributed by atoms with Gasteiger partial charge in [0, 0.05) is 47.6 Å². The molecule has 0 amide bonds. The highest BCUT2D eigenvalue weighted by Crippen LogP contribution is 2.41. The Labute approximate surface area is 279 Å². The van der Waals surface area contributed by atoms with Crippen molar-refractivity contribution in [1.29, 1.82) is 0 Å². The number of thiophene rings is 1. The third kappa shape index (κ3) is 4.33. The Morgan fingerprint density at radius 3 is 1.96 bits per heavy atom. The van der Waals surface area contributed by atoms with Crippen molar-refractivity contribution in [3.63, 3.8) is 0 Å². The highest BCUT2D eigenvalue weighted by atomic mass is 32.1. The molecule has 3 heterocycles. The number of benzene rings is 7. The van der Waals surface area contributed by atoms with Crippen LogP contribution in [0.3, 0.4) is 0 Å². The predicted octanol–water partition coefficient (Wildman–Crippen LogP) is 12.0. The van der Waals surface area contributed by atoms with Crippen molar-refractivity contribution in [2.75, 3.05) is 0 Å². The molecule has 0 radical (unpaired) electrons. The zero-order valence-electron chi connectivity index (χ0n) is 25.6. The molecule has 0 bridgehead atoms. The van der Waals surface area contributed by atoms with Crippen LogP contribution in [0, 0.1) is 0 Å². The van der Waals surface area contributed by atoms with Gasteiger partial charge in [0.15, 0.2) is 17.5 Å². The predicted molar refractivity (Wildman–Crippen MR) is 199 cm³/mol. The highest BCUT2D eigenvalue weighted by molar-refractivity contribution is 7.26. The molecule has 224 valence electrons. The molecule has 7 aromatic carbocycles. The Hall–Kier alpha value is -6.17. The van der Waals surface area contributed by atoms with E-state index in [1.807, 2.05) is 65.9 Å². The number of rotatable bonds is 4. The maximum atomic E-state index is 6.23. The molecule has 10 aromatic rings. The molecule has 0 atom stereocenters. The van der Waals surface area contributed by atoms with Crippen LogP contribution in [0.25, 0.3) is 98.2 Å². The zero-order chi connectivity index (χ0) is 31.6. The molecule has 0 spiro atoms. The van der Waals surface area contributed by atoms with Crippen LogP contribution in [-0.2, 0) is 0 Å². The van der Waals surface area contributed by atoms with Crippen molar-refractivity contribution in [1.82, 2.24) is 15.0 Å². The van der Waals surface area contributed by atoms with Crippen molar-refractivity contribution in [3.8, 4) is 45.3 Å². The van der Waals surface area contributed by atoms with E-state index in [4.69, 9.17) is 19.4 Å². The number of nitrogens with zero attached hydrogens (tertiary/aromatic N) is 3. The summed E-state index contributed by atoms with van der Waals surface area (Å²) in [5, 5.41) is 7.33. The monoisotopic (exact) mass is 631 g/mol. The lowest BCUT2D eigenvalue weighted by molar-refractivity contribution is 0.669. The second-order valence-corrected chi connectivity index (χ2v) is 13.1. The van der Waals surface area contributed by atoms with Crippen LogP contribution in [0.1, 0.15) is 0 Å². The first kappa shape index (κ1) is 27.0. The SMILES string of the molecule is c1ccc(-c2nc(-c3ccc4c(c3)oc3ccccc34)nc(-c3ccccc3-c3ccc4c(c3)sc3ccc5ccccc5c34)n2)cc1. The van der Waals surface area contributed by atoms with Gasteiger partial charge in [0.05, 0.1) is 0 Å². The molecule has 10 rings (SSSR count). The van der Waals surface area contributed by atoms with Gasteiger partial charge in [0.2, 0.25) is 0 Å². The van der Waals surface area contributed by atoms with Gasteiger partial charge in [-0.15, -0.1) is 11.3 Å². The molecule has 0 aliphatic carbocycles. The van der Waals surface area contributed by atoms with Gasteiger partial charge in [0.1, 0.15) is 11.2 Å². The van der Waals surface area contributed by atoms with E-state index >= 15 is 0 Å². The van der Waals surface area contributed by atoms with Crippen LogP contribution >= 0.6 is 11.3 Å². The Kier molecular flexibility index (Phi) is 6.01. The fraction of sp³-hybridized carbons (Fsp3) is 0. The maximum Gasteiger partial charge on any atom is 0.164 e. The van der Waals surface area contributed by atoms with Gasteiger partial charge in [-0.05, 0) is 52.2 Å². The van der Waals surface area contributed by atoms with E-state index in [9.17, 15) is 0 Å². The molecular weight excluding hydrogens is 607 g/mol. The Morgan fingerprint density at radius 2 is 1.06 bits per heavy atom. The Morgan fingerprint density at radius 1 is 0.396 bits per heavy atom. The van der Waals surface area contributed by atoms with Gasteiger partial charge in [-0.1, -0.05) is 121 Å². The van der Waals surface area contributed by atoms with Crippen molar-refractivity contribution >= 4 is 64.2 Å². The summed E-state index contributed by atoms with van der Waals surface area (Å²) in [6, 6.07) is 52.7. The average molecular weight is 632 g/mol. The summed E-state index contributed by atoms with van der Waals surface area (Å²) < 4.78 is 8.79. The molecule has 0 saturated heterocycles. The van der Waals surface area contributed by atoms with Gasteiger partial charge in [0.25, 0.3) is 0 Å². The smallest absolute Gasteiger partial charge is 0.164 e. The molecule has 3 aromatic heterocycles. The molecule has 5 heteroatoms. The van der Waals surface area contributed by atoms with Crippen molar-refractivity contribution < 1.29 is 4.42 Å². The lowest BCUT2D eigenvalue weighted by atomic mass is 9.97. The summed E-state index contributed by atoms with van der Waals surface area (Å²) >= 11 is 1.84. The van der Waals surface area contributed by atoms with Crippen LogP contribution in [0.2, 0.25) is 0 Å². The van der Waals surface area contributed by atoms with E-state index < -0.39 is 0 Å². The molecule has 0 fully saturated rings. The molecule has 0 aliphatic rings. The number of hydrogen-bond acceptors (Lipinski definition) is 5. The molecule has 0 saturated carbocycles. The van der Waals surface area contributed by atoms with Crippen molar-refractivity contribution in [2.24, 2.45) is 0 Å². The minimum atomic E-state index is 0.600. The third-order valence-electron chi connectivity index (χ3n) is 9.14. The maximum absolute atomic E-state index is 6.23. The fourth-order valence-electron chi connectivity index (χ4n) is 6.85. The average Bonchev–Trinajstić information content (AvgIpc) is 3.73. The van der Waals surface area contributed by atoms with E-state index in [1.54, 1.807) is 0 Å². The number of furan rings is 1. The van der Waals surface area contributed by atoms with Crippen LogP contribution in [-0.4, -0.2) is 15.0 Å². The quantitative estimate of drug-likeness (QED) is 0.194. The van der Waals surface area contributed by atoms with Crippen LogP contribution in [0.4, 0.5) is 0 Å². The van der Waals surface area contributed by atoms with Gasteiger partial charge in [-0.25, -0.2) is 15.0 Å². The number of hydrogen-bond donors (Lipinski definition) is 0. The molecule has 0 N–H and O–H groups in total. The Bertz CT molecular complexity index is 2850. The molecular formula is C43H25N3OS. The van der Waals surface area contributed by atoms with E-state index in [2.05, 4.69) is 97.1 Å². The highest BCUT2D eigenvalue weighted by Gasteiger charge is 2.18. The zero-order valence-corrected chi connectivity index (χ0v) is 26.4. The van der Waals surface area contributed by atoms with Gasteiger partial charge in [-0.2, -0.15) is 0 Å². The number of aromatic nitrogens is 3. The van der Waals surface area contributed by atoms with E-state index in [0.29, 0.717) is 17.5 Å². The third-order valence-corrected chi connectivity index (χ3v) is 10.3. The molecule has 0 unspecified atom stereocenters. The molecule has 4 nitrogen and oxygen atoms in total. The van der Waals surface area contributed by atoms with Crippen LogP contribution in [0.15, 0.2) is 156 Å². The molecule has 0 aliphatic heterocycles. The summed E-state index contributed by atoms with van der Waals surface area (Å²) in [4.78, 5) is 15.2. The van der Waals surface area contributed by atoms with Gasteiger partial charge < -0.3 is 4.42 Å². The number of fused-ring (bicyclic) bond motifs is 8. The second kappa shape index (κ2) is 10.7. The first-order valence-corrected chi connectivity index (χ1v) is 16.8. The van der Waals surface area contributed by atoms with Crippen LogP contribution < -0.4 is 0 Å². The lowest BCUT2D eigenvalue weighted by Gasteiger charge is -2.12. The summed E-state index contributed by atoms with van der Waals surface area (Å²) in [5.41, 5.74) is 6.63. The standard InChI is InChI=1S/C43H25N3OS/c1-2-11-27(12-3-1)41-44-42(29-19-21-33-32-15-8-9-17-36(32)47-37(33)24-29)46-43(45-41)34-16-7-6-13-30(34)28-18-22-35-39(25-28)48-38-23-20-26-10-4-5-14-31(26)40(35)38/h1-25H. The van der Waals surface area contributed by atoms with Gasteiger partial charge >= 0.3 is 0 Å². The first-order chi connectivity index (χ1) is 23.8. The Balaban J connectivity index is 1.15.